The van der Waals surface area contributed by atoms with Crippen LogP contribution >= 0.6 is 0 Å². The molecule has 0 bridgehead atoms. The lowest BCUT2D eigenvalue weighted by molar-refractivity contribution is -0.147. The molecular weight excluding hydrogens is 354 g/mol. The molecule has 2 aromatic carbocycles. The monoisotopic (exact) mass is 377 g/mol. The van der Waals surface area contributed by atoms with Crippen LogP contribution in [0.4, 0.5) is 0 Å². The predicted octanol–water partition coefficient (Wildman–Crippen LogP) is 3.62. The van der Waals surface area contributed by atoms with Crippen LogP contribution in [0.3, 0.4) is 0 Å². The van der Waals surface area contributed by atoms with Gasteiger partial charge in [0.1, 0.15) is 18.4 Å². The van der Waals surface area contributed by atoms with Crippen molar-refractivity contribution >= 4 is 11.9 Å². The molecule has 1 amide bonds. The minimum absolute atomic E-state index is 0.0364. The van der Waals surface area contributed by atoms with E-state index in [1.165, 1.54) is 0 Å². The fourth-order valence-corrected chi connectivity index (χ4v) is 3.83. The maximum absolute atomic E-state index is 13.2. The lowest BCUT2D eigenvalue weighted by Gasteiger charge is -2.36. The molecule has 0 aliphatic carbocycles. The van der Waals surface area contributed by atoms with E-state index in [-0.39, 0.29) is 36.3 Å². The van der Waals surface area contributed by atoms with Gasteiger partial charge in [-0.25, -0.2) is 4.79 Å². The van der Waals surface area contributed by atoms with Gasteiger partial charge in [0.15, 0.2) is 0 Å². The molecule has 5 nitrogen and oxygen atoms in total. The van der Waals surface area contributed by atoms with Crippen LogP contribution in [-0.4, -0.2) is 29.6 Å². The molecule has 0 saturated carbocycles. The van der Waals surface area contributed by atoms with Crippen LogP contribution in [0.25, 0.3) is 0 Å². The van der Waals surface area contributed by atoms with E-state index in [1.54, 1.807) is 11.0 Å². The van der Waals surface area contributed by atoms with Gasteiger partial charge in [0.2, 0.25) is 0 Å². The first-order chi connectivity index (χ1) is 13.7. The van der Waals surface area contributed by atoms with E-state index in [0.717, 1.165) is 17.5 Å². The van der Waals surface area contributed by atoms with Crippen molar-refractivity contribution in [3.8, 4) is 0 Å². The number of hydrogen-bond acceptors (Lipinski definition) is 4. The van der Waals surface area contributed by atoms with E-state index >= 15 is 0 Å². The van der Waals surface area contributed by atoms with Crippen LogP contribution < -0.4 is 0 Å². The van der Waals surface area contributed by atoms with Crippen molar-refractivity contribution < 1.29 is 19.1 Å². The van der Waals surface area contributed by atoms with Crippen LogP contribution in [-0.2, 0) is 25.7 Å². The highest BCUT2D eigenvalue weighted by Crippen LogP contribution is 2.39. The average Bonchev–Trinajstić information content (AvgIpc) is 3.20. The molecule has 0 spiro atoms. The standard InChI is InChI=1S/C23H23NO4/c1-2-17-13-19(23(26)28-14-16-9-5-3-6-10-16)21(25)24-20(15-27-22(17)24)18-11-7-4-8-12-18/h3-13,17,20,22H,2,14-15H2,1H3/t17-,20-,22-/m0/s1. The second-order valence-corrected chi connectivity index (χ2v) is 7.08. The third-order valence-electron chi connectivity index (χ3n) is 5.34. The van der Waals surface area contributed by atoms with Crippen LogP contribution in [0.1, 0.15) is 30.5 Å². The van der Waals surface area contributed by atoms with Gasteiger partial charge >= 0.3 is 5.97 Å². The smallest absolute Gasteiger partial charge is 0.343 e. The number of amides is 1. The van der Waals surface area contributed by atoms with Gasteiger partial charge in [-0.05, 0) is 17.5 Å². The average molecular weight is 377 g/mol. The van der Waals surface area contributed by atoms with Crippen LogP contribution in [0, 0.1) is 5.92 Å². The highest BCUT2D eigenvalue weighted by atomic mass is 16.5. The zero-order chi connectivity index (χ0) is 19.5. The molecule has 2 aliphatic heterocycles. The van der Waals surface area contributed by atoms with E-state index in [0.29, 0.717) is 6.61 Å². The Morgan fingerprint density at radius 3 is 2.46 bits per heavy atom. The second-order valence-electron chi connectivity index (χ2n) is 7.08. The van der Waals surface area contributed by atoms with Gasteiger partial charge in [-0.15, -0.1) is 0 Å². The Morgan fingerprint density at radius 1 is 1.11 bits per heavy atom. The molecule has 5 heteroatoms. The largest absolute Gasteiger partial charge is 0.457 e. The molecule has 28 heavy (non-hydrogen) atoms. The molecule has 1 fully saturated rings. The van der Waals surface area contributed by atoms with Crippen molar-refractivity contribution in [1.82, 2.24) is 4.90 Å². The van der Waals surface area contributed by atoms with Crippen molar-refractivity contribution in [3.05, 3.63) is 83.4 Å². The van der Waals surface area contributed by atoms with Crippen molar-refractivity contribution in [1.29, 1.82) is 0 Å². The second kappa shape index (κ2) is 7.98. The Labute approximate surface area is 164 Å². The lowest BCUT2D eigenvalue weighted by Crippen LogP contribution is -2.47. The van der Waals surface area contributed by atoms with Crippen molar-refractivity contribution in [2.75, 3.05) is 6.61 Å². The summed E-state index contributed by atoms with van der Waals surface area (Å²) in [4.78, 5) is 27.6. The van der Waals surface area contributed by atoms with Crippen molar-refractivity contribution in [2.24, 2.45) is 5.92 Å². The SMILES string of the molecule is CC[C@H]1C=C(C(=O)OCc2ccccc2)C(=O)N2[C@H](c3ccccc3)CO[C@@H]12. The van der Waals surface area contributed by atoms with Crippen LogP contribution in [0.2, 0.25) is 0 Å². The summed E-state index contributed by atoms with van der Waals surface area (Å²) in [5.74, 6) is -0.936. The van der Waals surface area contributed by atoms with E-state index in [1.807, 2.05) is 67.6 Å². The van der Waals surface area contributed by atoms with Gasteiger partial charge in [0, 0.05) is 5.92 Å². The van der Waals surface area contributed by atoms with E-state index in [4.69, 9.17) is 9.47 Å². The number of hydrogen-bond donors (Lipinski definition) is 0. The summed E-state index contributed by atoms with van der Waals surface area (Å²) in [5, 5.41) is 0. The van der Waals surface area contributed by atoms with Gasteiger partial charge in [0.25, 0.3) is 5.91 Å². The first kappa shape index (κ1) is 18.4. The van der Waals surface area contributed by atoms with E-state index < -0.39 is 5.97 Å². The molecule has 0 N–H and O–H groups in total. The van der Waals surface area contributed by atoms with Crippen LogP contribution in [0.15, 0.2) is 72.3 Å². The Kier molecular flexibility index (Phi) is 5.26. The highest BCUT2D eigenvalue weighted by Gasteiger charge is 2.47. The molecule has 0 radical (unpaired) electrons. The Bertz CT molecular complexity index is 878. The number of benzene rings is 2. The summed E-state index contributed by atoms with van der Waals surface area (Å²) >= 11 is 0. The number of carbonyl (C=O) groups is 2. The van der Waals surface area contributed by atoms with Gasteiger partial charge in [-0.2, -0.15) is 0 Å². The predicted molar refractivity (Wildman–Crippen MR) is 104 cm³/mol. The first-order valence-corrected chi connectivity index (χ1v) is 9.61. The van der Waals surface area contributed by atoms with Gasteiger partial charge < -0.3 is 14.4 Å². The van der Waals surface area contributed by atoms with Crippen molar-refractivity contribution in [2.45, 2.75) is 32.2 Å². The summed E-state index contributed by atoms with van der Waals surface area (Å²) in [6, 6.07) is 19.0. The summed E-state index contributed by atoms with van der Waals surface area (Å²) < 4.78 is 11.4. The number of ether oxygens (including phenoxy) is 2. The van der Waals surface area contributed by atoms with Crippen molar-refractivity contribution in [3.63, 3.8) is 0 Å². The molecule has 1 saturated heterocycles. The maximum atomic E-state index is 13.2. The molecule has 2 aliphatic rings. The molecule has 3 atom stereocenters. The summed E-state index contributed by atoms with van der Waals surface area (Å²) in [5.41, 5.74) is 1.99. The minimum Gasteiger partial charge on any atom is -0.457 e. The summed E-state index contributed by atoms with van der Waals surface area (Å²) in [6.07, 6.45) is 2.16. The first-order valence-electron chi connectivity index (χ1n) is 9.61. The number of carbonyl (C=O) groups excluding carboxylic acids is 2. The molecule has 2 aromatic rings. The van der Waals surface area contributed by atoms with E-state index in [2.05, 4.69) is 0 Å². The van der Waals surface area contributed by atoms with E-state index in [9.17, 15) is 9.59 Å². The zero-order valence-corrected chi connectivity index (χ0v) is 15.8. The van der Waals surface area contributed by atoms with Gasteiger partial charge in [0.05, 0.1) is 12.6 Å². The lowest BCUT2D eigenvalue weighted by atomic mass is 9.93. The van der Waals surface area contributed by atoms with Gasteiger partial charge in [-0.3, -0.25) is 4.79 Å². The number of fused-ring (bicyclic) bond motifs is 1. The summed E-state index contributed by atoms with van der Waals surface area (Å²) in [7, 11) is 0. The molecule has 2 heterocycles. The Hall–Kier alpha value is -2.92. The topological polar surface area (TPSA) is 55.8 Å². The molecule has 144 valence electrons. The number of rotatable bonds is 5. The molecule has 0 unspecified atom stereocenters. The quantitative estimate of drug-likeness (QED) is 0.590. The fraction of sp³-hybridized carbons (Fsp3) is 0.304. The number of nitrogens with zero attached hydrogens (tertiary/aromatic N) is 1. The summed E-state index contributed by atoms with van der Waals surface area (Å²) in [6.45, 7) is 2.60. The fourth-order valence-electron chi connectivity index (χ4n) is 3.83. The Balaban J connectivity index is 1.56. The minimum atomic E-state index is -0.579. The molecule has 4 rings (SSSR count). The van der Waals surface area contributed by atoms with Crippen LogP contribution in [0.5, 0.6) is 0 Å². The third kappa shape index (κ3) is 3.45. The molecular formula is C23H23NO4. The third-order valence-corrected chi connectivity index (χ3v) is 5.34. The molecule has 0 aromatic heterocycles. The van der Waals surface area contributed by atoms with Gasteiger partial charge in [-0.1, -0.05) is 73.7 Å². The normalized spacial score (nSPS) is 23.9. The highest BCUT2D eigenvalue weighted by molar-refractivity contribution is 6.17. The zero-order valence-electron chi connectivity index (χ0n) is 15.8. The maximum Gasteiger partial charge on any atom is 0.343 e. The number of esters is 1. The Morgan fingerprint density at radius 2 is 1.79 bits per heavy atom.